The first-order valence-corrected chi connectivity index (χ1v) is 30.0. The predicted molar refractivity (Wildman–Crippen MR) is 362 cm³/mol. The van der Waals surface area contributed by atoms with Crippen LogP contribution in [0.4, 0.5) is 68.2 Å². The average molecular weight is 1090 g/mol. The SMILES string of the molecule is c1ccc(C2c3ccccc3-c3c2cc2c4c3N(c3ccccc3)c3ccccc3B4c3cc4c(cc3N2c2ccccc2)N(c2ccccc2)c2cc3c(c5c2B4c2ccccc2N5c2ccccc2)c2ccccc2n3-c2ccccc2)cc1. The molecule has 1 aliphatic carbocycles. The van der Waals surface area contributed by atoms with E-state index in [2.05, 4.69) is 327 Å². The van der Waals surface area contributed by atoms with E-state index in [1.165, 1.54) is 122 Å². The van der Waals surface area contributed by atoms with Crippen LogP contribution in [0, 0.1) is 0 Å². The molecule has 13 aromatic carbocycles. The Morgan fingerprint density at radius 3 is 1.30 bits per heavy atom. The molecule has 5 nitrogen and oxygen atoms in total. The second kappa shape index (κ2) is 18.2. The highest BCUT2D eigenvalue weighted by Gasteiger charge is 2.51. The van der Waals surface area contributed by atoms with E-state index in [0.717, 1.165) is 34.0 Å². The van der Waals surface area contributed by atoms with Gasteiger partial charge in [-0.25, -0.2) is 0 Å². The van der Waals surface area contributed by atoms with Gasteiger partial charge in [-0.2, -0.15) is 0 Å². The number of fused-ring (bicyclic) bond motifs is 16. The van der Waals surface area contributed by atoms with E-state index in [1.807, 2.05) is 0 Å². The molecule has 19 rings (SSSR count). The van der Waals surface area contributed by atoms with E-state index >= 15 is 0 Å². The zero-order chi connectivity index (χ0) is 56.1. The van der Waals surface area contributed by atoms with Gasteiger partial charge in [0.1, 0.15) is 0 Å². The topological polar surface area (TPSA) is 17.9 Å². The Hall–Kier alpha value is -11.0. The summed E-state index contributed by atoms with van der Waals surface area (Å²) < 4.78 is 2.50. The fraction of sp³-hybridized carbons (Fsp3) is 0.0127. The number of anilines is 12. The standard InChI is InChI=1S/C79H51B2N5/c1-7-27-51(28-8-1)73-57-39-19-20-40-58(57)74-60(73)47-71-76-78(74)85(55-35-15-5-16-36-55)66-45-25-22-42-61(66)80(76)63-48-64-69(49-68(63)83(71)53-31-11-3-12-32-53)84(54-33-13-4-14-34-54)72-50-70-75(59-41-21-24-44-65(59)82(70)52-29-9-2-10-30-52)79-77(72)81(64)62-43-23-26-46-67(62)86(79)56-37-17-6-18-38-56/h1-50,73H. The van der Waals surface area contributed by atoms with Crippen molar-refractivity contribution in [3.05, 3.63) is 320 Å². The van der Waals surface area contributed by atoms with Gasteiger partial charge in [0.25, 0.3) is 13.4 Å². The molecule has 0 fully saturated rings. The largest absolute Gasteiger partial charge is 0.311 e. The van der Waals surface area contributed by atoms with Gasteiger partial charge in [-0.1, -0.05) is 206 Å². The summed E-state index contributed by atoms with van der Waals surface area (Å²) in [5.41, 5.74) is 31.8. The second-order valence-electron chi connectivity index (χ2n) is 23.4. The number of hydrogen-bond donors (Lipinski definition) is 0. The van der Waals surface area contributed by atoms with Crippen LogP contribution in [-0.2, 0) is 0 Å². The fourth-order valence-corrected chi connectivity index (χ4v) is 15.9. The third-order valence-electron chi connectivity index (χ3n) is 19.1. The zero-order valence-corrected chi connectivity index (χ0v) is 46.8. The monoisotopic (exact) mass is 1090 g/mol. The summed E-state index contributed by atoms with van der Waals surface area (Å²) in [4.78, 5) is 10.4. The number of hydrogen-bond acceptors (Lipinski definition) is 4. The summed E-state index contributed by atoms with van der Waals surface area (Å²) in [6.45, 7) is -0.287. The minimum atomic E-state index is -0.149. The van der Waals surface area contributed by atoms with Gasteiger partial charge >= 0.3 is 0 Å². The van der Waals surface area contributed by atoms with E-state index in [-0.39, 0.29) is 19.3 Å². The van der Waals surface area contributed by atoms with Crippen molar-refractivity contribution in [2.24, 2.45) is 0 Å². The Labute approximate surface area is 500 Å². The van der Waals surface area contributed by atoms with Crippen LogP contribution in [0.5, 0.6) is 0 Å². The van der Waals surface area contributed by atoms with E-state index in [1.54, 1.807) is 0 Å². The van der Waals surface area contributed by atoms with E-state index in [0.29, 0.717) is 0 Å². The number of rotatable bonds is 6. The molecule has 0 N–H and O–H groups in total. The molecule has 0 spiro atoms. The third-order valence-corrected chi connectivity index (χ3v) is 19.1. The molecule has 7 heteroatoms. The smallest absolute Gasteiger partial charge is 0.252 e. The molecule has 0 saturated carbocycles. The lowest BCUT2D eigenvalue weighted by molar-refractivity contribution is 1.01. The Morgan fingerprint density at radius 2 is 0.721 bits per heavy atom. The Morgan fingerprint density at radius 1 is 0.279 bits per heavy atom. The normalized spacial score (nSPS) is 14.5. The molecule has 5 aliphatic rings. The minimum Gasteiger partial charge on any atom is -0.311 e. The van der Waals surface area contributed by atoms with Crippen LogP contribution < -0.4 is 52.4 Å². The number of benzene rings is 13. The number of nitrogens with zero attached hydrogens (tertiary/aromatic N) is 5. The van der Waals surface area contributed by atoms with Crippen molar-refractivity contribution < 1.29 is 0 Å². The Balaban J connectivity index is 0.977. The van der Waals surface area contributed by atoms with Crippen molar-refractivity contribution in [2.45, 2.75) is 5.92 Å². The summed E-state index contributed by atoms with van der Waals surface area (Å²) >= 11 is 0. The molecule has 0 radical (unpaired) electrons. The third kappa shape index (κ3) is 6.51. The Kier molecular flexibility index (Phi) is 10.1. The first-order chi connectivity index (χ1) is 42.8. The lowest BCUT2D eigenvalue weighted by Gasteiger charge is -2.48. The average Bonchev–Trinajstić information content (AvgIpc) is 1.20. The van der Waals surface area contributed by atoms with Crippen LogP contribution >= 0.6 is 0 Å². The lowest BCUT2D eigenvalue weighted by atomic mass is 9.30. The molecule has 0 amide bonds. The maximum Gasteiger partial charge on any atom is 0.252 e. The number of aromatic nitrogens is 1. The summed E-state index contributed by atoms with van der Waals surface area (Å²) in [7, 11) is 0. The molecular weight excluding hydrogens is 1040 g/mol. The maximum atomic E-state index is 2.67. The molecule has 0 saturated heterocycles. The van der Waals surface area contributed by atoms with Crippen LogP contribution in [0.25, 0.3) is 38.6 Å². The maximum absolute atomic E-state index is 2.67. The first-order valence-electron chi connectivity index (χ1n) is 30.0. The summed E-state index contributed by atoms with van der Waals surface area (Å²) in [6, 6.07) is 114. The van der Waals surface area contributed by atoms with Crippen molar-refractivity contribution in [3.8, 4) is 16.8 Å². The van der Waals surface area contributed by atoms with Crippen LogP contribution in [0.3, 0.4) is 0 Å². The van der Waals surface area contributed by atoms with Gasteiger partial charge in [0.05, 0.1) is 22.4 Å². The van der Waals surface area contributed by atoms with E-state index < -0.39 is 0 Å². The van der Waals surface area contributed by atoms with Crippen molar-refractivity contribution in [3.63, 3.8) is 0 Å². The summed E-state index contributed by atoms with van der Waals surface area (Å²) in [5.74, 6) is 0.0177. The molecule has 1 unspecified atom stereocenters. The van der Waals surface area contributed by atoms with Gasteiger partial charge < -0.3 is 24.2 Å². The van der Waals surface area contributed by atoms with E-state index in [9.17, 15) is 0 Å². The zero-order valence-electron chi connectivity index (χ0n) is 46.8. The van der Waals surface area contributed by atoms with Crippen LogP contribution in [0.1, 0.15) is 22.6 Å². The van der Waals surface area contributed by atoms with Gasteiger partial charge in [-0.3, -0.25) is 0 Å². The van der Waals surface area contributed by atoms with Crippen LogP contribution in [0.15, 0.2) is 303 Å². The van der Waals surface area contributed by atoms with Gasteiger partial charge in [0, 0.05) is 84.8 Å². The van der Waals surface area contributed by atoms with Gasteiger partial charge in [-0.15, -0.1) is 0 Å². The van der Waals surface area contributed by atoms with Crippen molar-refractivity contribution in [2.75, 3.05) is 19.6 Å². The van der Waals surface area contributed by atoms with Crippen LogP contribution in [-0.4, -0.2) is 18.0 Å². The second-order valence-corrected chi connectivity index (χ2v) is 23.4. The highest BCUT2D eigenvalue weighted by atomic mass is 15.2. The molecule has 1 aromatic heterocycles. The van der Waals surface area contributed by atoms with Crippen molar-refractivity contribution in [1.82, 2.24) is 4.57 Å². The molecule has 1 atom stereocenters. The fourth-order valence-electron chi connectivity index (χ4n) is 15.9. The molecule has 86 heavy (non-hydrogen) atoms. The highest BCUT2D eigenvalue weighted by Crippen LogP contribution is 2.58. The summed E-state index contributed by atoms with van der Waals surface area (Å²) in [5, 5.41) is 2.46. The van der Waals surface area contributed by atoms with Crippen molar-refractivity contribution in [1.29, 1.82) is 0 Å². The van der Waals surface area contributed by atoms with E-state index in [4.69, 9.17) is 0 Å². The van der Waals surface area contributed by atoms with Gasteiger partial charge in [-0.05, 0) is 152 Å². The first kappa shape index (κ1) is 47.5. The Bertz CT molecular complexity index is 5090. The summed E-state index contributed by atoms with van der Waals surface area (Å²) in [6.07, 6.45) is 0. The quantitative estimate of drug-likeness (QED) is 0.154. The molecule has 5 heterocycles. The predicted octanol–water partition coefficient (Wildman–Crippen LogP) is 16.1. The molecule has 4 aliphatic heterocycles. The van der Waals surface area contributed by atoms with Crippen LogP contribution in [0.2, 0.25) is 0 Å². The van der Waals surface area contributed by atoms with Gasteiger partial charge in [0.2, 0.25) is 0 Å². The molecule has 398 valence electrons. The minimum absolute atomic E-state index is 0.0177. The lowest BCUT2D eigenvalue weighted by Crippen LogP contribution is -2.65. The number of para-hydroxylation sites is 8. The van der Waals surface area contributed by atoms with Crippen molar-refractivity contribution >= 4 is 136 Å². The molecule has 0 bridgehead atoms. The highest BCUT2D eigenvalue weighted by molar-refractivity contribution is 7.03. The van der Waals surface area contributed by atoms with Gasteiger partial charge in [0.15, 0.2) is 0 Å². The molecular formula is C79H51B2N5. The molecule has 14 aromatic rings.